The van der Waals surface area contributed by atoms with E-state index in [-0.39, 0.29) is 29.3 Å². The number of nitrogens with one attached hydrogen (secondary N) is 2. The molecule has 3 atom stereocenters. The molecular formula is C27H37N3O3. The maximum Gasteiger partial charge on any atom is 0.229 e. The van der Waals surface area contributed by atoms with Gasteiger partial charge in [-0.15, -0.1) is 0 Å². The van der Waals surface area contributed by atoms with Crippen LogP contribution in [0.1, 0.15) is 63.4 Å². The molecule has 178 valence electrons. The van der Waals surface area contributed by atoms with E-state index in [4.69, 9.17) is 0 Å². The summed E-state index contributed by atoms with van der Waals surface area (Å²) >= 11 is 0. The molecule has 6 nitrogen and oxygen atoms in total. The fraction of sp³-hybridized carbons (Fsp3) is 0.704. The normalized spacial score (nSPS) is 39.3. The second-order valence-electron chi connectivity index (χ2n) is 11.8. The van der Waals surface area contributed by atoms with E-state index in [0.717, 1.165) is 82.1 Å². The van der Waals surface area contributed by atoms with Crippen molar-refractivity contribution in [3.8, 4) is 0 Å². The summed E-state index contributed by atoms with van der Waals surface area (Å²) in [5.74, 6) is 1.77. The first-order valence-electron chi connectivity index (χ1n) is 13.0. The van der Waals surface area contributed by atoms with E-state index in [9.17, 15) is 14.7 Å². The first kappa shape index (κ1) is 21.6. The topological polar surface area (TPSA) is 81.7 Å². The minimum Gasteiger partial charge on any atom is -0.393 e. The van der Waals surface area contributed by atoms with Crippen LogP contribution in [-0.2, 0) is 15.1 Å². The molecule has 3 N–H and O–H groups in total. The lowest BCUT2D eigenvalue weighted by Gasteiger charge is -2.58. The molecule has 6 fully saturated rings. The Balaban J connectivity index is 1.24. The number of aliphatic hydroxyl groups excluding tert-OH is 1. The summed E-state index contributed by atoms with van der Waals surface area (Å²) in [7, 11) is 1.86. The molecule has 6 aliphatic rings. The zero-order chi connectivity index (χ0) is 22.8. The number of anilines is 1. The Labute approximate surface area is 196 Å². The smallest absolute Gasteiger partial charge is 0.229 e. The number of carbonyl (C=O) groups is 2. The molecule has 2 unspecified atom stereocenters. The molecule has 1 heterocycles. The zero-order valence-corrected chi connectivity index (χ0v) is 19.7. The molecule has 1 aromatic carbocycles. The third-order valence-corrected chi connectivity index (χ3v) is 9.51. The van der Waals surface area contributed by atoms with E-state index in [1.807, 2.05) is 19.2 Å². The van der Waals surface area contributed by atoms with Crippen molar-refractivity contribution in [3.63, 3.8) is 0 Å². The summed E-state index contributed by atoms with van der Waals surface area (Å²) in [6.45, 7) is 1.70. The predicted molar refractivity (Wildman–Crippen MR) is 126 cm³/mol. The first-order chi connectivity index (χ1) is 15.9. The van der Waals surface area contributed by atoms with Crippen LogP contribution in [0.4, 0.5) is 5.69 Å². The molecule has 7 rings (SSSR count). The second-order valence-corrected chi connectivity index (χ2v) is 11.8. The number of hydrogen-bond donors (Lipinski definition) is 3. The van der Waals surface area contributed by atoms with Gasteiger partial charge in [-0.25, -0.2) is 0 Å². The average Bonchev–Trinajstić information content (AvgIpc) is 3.67. The van der Waals surface area contributed by atoms with E-state index in [0.29, 0.717) is 17.8 Å². The summed E-state index contributed by atoms with van der Waals surface area (Å²) in [6, 6.07) is 8.25. The van der Waals surface area contributed by atoms with Gasteiger partial charge in [-0.05, 0) is 99.8 Å². The van der Waals surface area contributed by atoms with Crippen LogP contribution in [0.15, 0.2) is 24.3 Å². The number of benzene rings is 1. The van der Waals surface area contributed by atoms with Gasteiger partial charge >= 0.3 is 0 Å². The summed E-state index contributed by atoms with van der Waals surface area (Å²) in [5, 5.41) is 17.7. The molecule has 1 aromatic rings. The number of hydrogen-bond acceptors (Lipinski definition) is 4. The molecule has 5 saturated carbocycles. The Morgan fingerprint density at radius 2 is 1.79 bits per heavy atom. The fourth-order valence-corrected chi connectivity index (χ4v) is 7.69. The van der Waals surface area contributed by atoms with Crippen molar-refractivity contribution in [3.05, 3.63) is 29.8 Å². The monoisotopic (exact) mass is 451 g/mol. The van der Waals surface area contributed by atoms with Gasteiger partial charge in [-0.2, -0.15) is 0 Å². The van der Waals surface area contributed by atoms with Gasteiger partial charge in [0.2, 0.25) is 11.8 Å². The Bertz CT molecular complexity index is 918. The molecular weight excluding hydrogens is 414 g/mol. The Kier molecular flexibility index (Phi) is 5.11. The third-order valence-electron chi connectivity index (χ3n) is 9.51. The summed E-state index contributed by atoms with van der Waals surface area (Å²) in [6.07, 6.45) is 8.56. The van der Waals surface area contributed by atoms with E-state index in [1.165, 1.54) is 0 Å². The predicted octanol–water partition coefficient (Wildman–Crippen LogP) is 2.94. The number of aliphatic hydroxyl groups is 1. The van der Waals surface area contributed by atoms with E-state index in [1.54, 1.807) is 4.90 Å². The number of rotatable bonds is 5. The minimum absolute atomic E-state index is 0.196. The lowest BCUT2D eigenvalue weighted by Crippen LogP contribution is -2.63. The molecule has 2 amide bonds. The van der Waals surface area contributed by atoms with Crippen LogP contribution in [-0.4, -0.2) is 43.2 Å². The molecule has 4 bridgehead atoms. The Hall–Kier alpha value is -1.92. The highest BCUT2D eigenvalue weighted by Gasteiger charge is 2.59. The molecule has 0 radical (unpaired) electrons. The van der Waals surface area contributed by atoms with E-state index in [2.05, 4.69) is 22.8 Å². The van der Waals surface area contributed by atoms with Crippen LogP contribution in [0.3, 0.4) is 0 Å². The highest BCUT2D eigenvalue weighted by molar-refractivity contribution is 5.96. The number of carbonyl (C=O) groups excluding carboxylic acids is 2. The van der Waals surface area contributed by atoms with Crippen LogP contribution in [0.5, 0.6) is 0 Å². The molecule has 5 aliphatic carbocycles. The quantitative estimate of drug-likeness (QED) is 0.643. The molecule has 1 aliphatic heterocycles. The minimum atomic E-state index is -0.422. The fourth-order valence-electron chi connectivity index (χ4n) is 7.69. The maximum atomic E-state index is 13.9. The van der Waals surface area contributed by atoms with Crippen molar-refractivity contribution in [2.75, 3.05) is 25.0 Å². The van der Waals surface area contributed by atoms with Gasteiger partial charge in [0.05, 0.1) is 17.1 Å². The van der Waals surface area contributed by atoms with Crippen LogP contribution < -0.4 is 15.5 Å². The second kappa shape index (κ2) is 7.81. The number of piperidine rings is 1. The molecule has 0 aromatic heterocycles. The van der Waals surface area contributed by atoms with Crippen molar-refractivity contribution < 1.29 is 14.7 Å². The van der Waals surface area contributed by atoms with Crippen molar-refractivity contribution in [1.29, 1.82) is 0 Å². The van der Waals surface area contributed by atoms with E-state index >= 15 is 0 Å². The van der Waals surface area contributed by atoms with E-state index < -0.39 is 5.54 Å². The highest BCUT2D eigenvalue weighted by Crippen LogP contribution is 2.60. The van der Waals surface area contributed by atoms with Crippen molar-refractivity contribution >= 4 is 17.5 Å². The van der Waals surface area contributed by atoms with Crippen LogP contribution in [0.25, 0.3) is 0 Å². The molecule has 6 heteroatoms. The Morgan fingerprint density at radius 3 is 2.39 bits per heavy atom. The summed E-state index contributed by atoms with van der Waals surface area (Å²) < 4.78 is 0. The largest absolute Gasteiger partial charge is 0.393 e. The van der Waals surface area contributed by atoms with Gasteiger partial charge in [0.25, 0.3) is 0 Å². The van der Waals surface area contributed by atoms with Crippen molar-refractivity contribution in [1.82, 2.24) is 10.6 Å². The lowest BCUT2D eigenvalue weighted by molar-refractivity contribution is -0.165. The van der Waals surface area contributed by atoms with Crippen LogP contribution >= 0.6 is 0 Å². The standard InChI is InChI=1S/C27H37N3O3/c1-30(24(32)18-3-4-18)22-7-5-21(6-8-22)27(9-2-10-28-16-27)29-25(33)26-13-17-11-19(14-26)23(31)20(12-17)15-26/h5-8,17-20,23,28,31H,2-4,9-16H2,1H3,(H,29,33)/t17?,19?,20?,23?,26?,27-/m1/s1. The maximum absolute atomic E-state index is 13.9. The zero-order valence-electron chi connectivity index (χ0n) is 19.7. The lowest BCUT2D eigenvalue weighted by atomic mass is 9.48. The average molecular weight is 452 g/mol. The van der Waals surface area contributed by atoms with Gasteiger partial charge in [0, 0.05) is 25.2 Å². The number of amides is 2. The SMILES string of the molecule is CN(C(=O)C1CC1)c1ccc([C@@]2(NC(=O)C34CC5CC(C3)C(O)C(C5)C4)CCCNC2)cc1. The van der Waals surface area contributed by atoms with Crippen molar-refractivity contribution in [2.45, 2.75) is 69.4 Å². The van der Waals surface area contributed by atoms with Gasteiger partial charge in [0.1, 0.15) is 0 Å². The Morgan fingerprint density at radius 1 is 1.09 bits per heavy atom. The van der Waals surface area contributed by atoms with Gasteiger partial charge in [-0.1, -0.05) is 12.1 Å². The molecule has 0 spiro atoms. The van der Waals surface area contributed by atoms with Crippen LogP contribution in [0.2, 0.25) is 0 Å². The van der Waals surface area contributed by atoms with Crippen molar-refractivity contribution in [2.24, 2.45) is 29.1 Å². The van der Waals surface area contributed by atoms with Gasteiger partial charge in [0.15, 0.2) is 0 Å². The first-order valence-corrected chi connectivity index (χ1v) is 13.0. The number of nitrogens with zero attached hydrogens (tertiary/aromatic N) is 1. The summed E-state index contributed by atoms with van der Waals surface area (Å²) in [5.41, 5.74) is 1.30. The third kappa shape index (κ3) is 3.61. The molecule has 1 saturated heterocycles. The van der Waals surface area contributed by atoms with Gasteiger partial charge in [-0.3, -0.25) is 9.59 Å². The van der Waals surface area contributed by atoms with Crippen LogP contribution in [0, 0.1) is 29.1 Å². The summed E-state index contributed by atoms with van der Waals surface area (Å²) in [4.78, 5) is 28.2. The highest BCUT2D eigenvalue weighted by atomic mass is 16.3. The van der Waals surface area contributed by atoms with Gasteiger partial charge < -0.3 is 20.6 Å². The molecule has 33 heavy (non-hydrogen) atoms.